The van der Waals surface area contributed by atoms with Gasteiger partial charge in [-0.25, -0.2) is 9.18 Å². The maximum atomic E-state index is 13.5. The quantitative estimate of drug-likeness (QED) is 0.661. The predicted molar refractivity (Wildman–Crippen MR) is 74.2 cm³/mol. The standard InChI is InChI=1S/C13H7BrFNO5/c14-7-1-4-10(15)12(5-7)21-8-2-3-9(13(17)18)11(6-8)16(19)20/h1-6H,(H,17,18). The van der Waals surface area contributed by atoms with Crippen LogP contribution in [0, 0.1) is 15.9 Å². The first-order valence-electron chi connectivity index (χ1n) is 5.53. The molecule has 0 atom stereocenters. The van der Waals surface area contributed by atoms with Crippen LogP contribution in [-0.4, -0.2) is 16.0 Å². The van der Waals surface area contributed by atoms with Crippen molar-refractivity contribution in [2.75, 3.05) is 0 Å². The summed E-state index contributed by atoms with van der Waals surface area (Å²) in [6, 6.07) is 7.18. The van der Waals surface area contributed by atoms with Crippen LogP contribution < -0.4 is 4.74 Å². The number of carboxylic acids is 1. The molecule has 0 heterocycles. The molecule has 0 unspecified atom stereocenters. The zero-order valence-electron chi connectivity index (χ0n) is 10.2. The summed E-state index contributed by atoms with van der Waals surface area (Å²) in [7, 11) is 0. The number of aromatic carboxylic acids is 1. The number of carboxylic acid groups (broad SMARTS) is 1. The molecule has 0 aromatic heterocycles. The first kappa shape index (κ1) is 14.9. The normalized spacial score (nSPS) is 10.2. The van der Waals surface area contributed by atoms with Gasteiger partial charge < -0.3 is 9.84 Å². The van der Waals surface area contributed by atoms with Crippen molar-refractivity contribution >= 4 is 27.6 Å². The highest BCUT2D eigenvalue weighted by molar-refractivity contribution is 9.10. The topological polar surface area (TPSA) is 89.7 Å². The maximum absolute atomic E-state index is 13.5. The van der Waals surface area contributed by atoms with Gasteiger partial charge in [0.25, 0.3) is 5.69 Å². The van der Waals surface area contributed by atoms with Gasteiger partial charge in [0.2, 0.25) is 0 Å². The molecule has 0 aliphatic rings. The van der Waals surface area contributed by atoms with Crippen molar-refractivity contribution in [1.29, 1.82) is 0 Å². The Morgan fingerprint density at radius 1 is 1.29 bits per heavy atom. The van der Waals surface area contributed by atoms with Gasteiger partial charge in [0, 0.05) is 4.47 Å². The van der Waals surface area contributed by atoms with E-state index >= 15 is 0 Å². The van der Waals surface area contributed by atoms with E-state index in [0.717, 1.165) is 12.1 Å². The Balaban J connectivity index is 2.41. The van der Waals surface area contributed by atoms with E-state index in [4.69, 9.17) is 9.84 Å². The minimum absolute atomic E-state index is 0.0382. The smallest absolute Gasteiger partial charge is 0.342 e. The average molecular weight is 356 g/mol. The van der Waals surface area contributed by atoms with Crippen LogP contribution in [0.4, 0.5) is 10.1 Å². The summed E-state index contributed by atoms with van der Waals surface area (Å²) in [4.78, 5) is 20.9. The van der Waals surface area contributed by atoms with E-state index in [1.165, 1.54) is 24.3 Å². The van der Waals surface area contributed by atoms with Crippen molar-refractivity contribution in [3.63, 3.8) is 0 Å². The lowest BCUT2D eigenvalue weighted by atomic mass is 10.1. The zero-order valence-corrected chi connectivity index (χ0v) is 11.8. The van der Waals surface area contributed by atoms with E-state index in [-0.39, 0.29) is 11.5 Å². The van der Waals surface area contributed by atoms with Gasteiger partial charge in [-0.1, -0.05) is 15.9 Å². The number of nitrogens with zero attached hydrogens (tertiary/aromatic N) is 1. The SMILES string of the molecule is O=C(O)c1ccc(Oc2cc(Br)ccc2F)cc1[N+](=O)[O-]. The Kier molecular flexibility index (Phi) is 4.18. The molecule has 2 aromatic rings. The largest absolute Gasteiger partial charge is 0.477 e. The van der Waals surface area contributed by atoms with Crippen LogP contribution in [0.15, 0.2) is 40.9 Å². The van der Waals surface area contributed by atoms with Gasteiger partial charge in [0.05, 0.1) is 11.0 Å². The highest BCUT2D eigenvalue weighted by Gasteiger charge is 2.21. The number of carbonyl (C=O) groups is 1. The highest BCUT2D eigenvalue weighted by atomic mass is 79.9. The average Bonchev–Trinajstić information content (AvgIpc) is 2.42. The van der Waals surface area contributed by atoms with Crippen molar-refractivity contribution in [3.05, 3.63) is 62.4 Å². The number of halogens is 2. The fraction of sp³-hybridized carbons (Fsp3) is 0. The second-order valence-electron chi connectivity index (χ2n) is 3.92. The lowest BCUT2D eigenvalue weighted by Gasteiger charge is -2.08. The molecule has 0 amide bonds. The van der Waals surface area contributed by atoms with E-state index < -0.39 is 28.0 Å². The molecule has 2 rings (SSSR count). The second-order valence-corrected chi connectivity index (χ2v) is 4.83. The molecule has 0 radical (unpaired) electrons. The van der Waals surface area contributed by atoms with Crippen LogP contribution in [-0.2, 0) is 0 Å². The van der Waals surface area contributed by atoms with Crippen LogP contribution in [0.3, 0.4) is 0 Å². The Hall–Kier alpha value is -2.48. The lowest BCUT2D eigenvalue weighted by molar-refractivity contribution is -0.385. The molecule has 0 saturated carbocycles. The maximum Gasteiger partial charge on any atom is 0.342 e. The number of nitro groups is 1. The molecule has 1 N–H and O–H groups in total. The van der Waals surface area contributed by atoms with Crippen LogP contribution >= 0.6 is 15.9 Å². The lowest BCUT2D eigenvalue weighted by Crippen LogP contribution is -2.02. The summed E-state index contributed by atoms with van der Waals surface area (Å²) < 4.78 is 19.3. The Morgan fingerprint density at radius 3 is 2.62 bits per heavy atom. The minimum Gasteiger partial charge on any atom is -0.477 e. The summed E-state index contributed by atoms with van der Waals surface area (Å²) in [5, 5.41) is 19.7. The number of rotatable bonds is 4. The van der Waals surface area contributed by atoms with Crippen molar-refractivity contribution < 1.29 is 24.0 Å². The molecule has 108 valence electrons. The fourth-order valence-electron chi connectivity index (χ4n) is 1.59. The second kappa shape index (κ2) is 5.88. The van der Waals surface area contributed by atoms with Crippen molar-refractivity contribution in [2.24, 2.45) is 0 Å². The van der Waals surface area contributed by atoms with Crippen LogP contribution in [0.5, 0.6) is 11.5 Å². The van der Waals surface area contributed by atoms with Crippen LogP contribution in [0.25, 0.3) is 0 Å². The van der Waals surface area contributed by atoms with Gasteiger partial charge in [-0.2, -0.15) is 0 Å². The number of nitro benzene ring substituents is 1. The third-order valence-electron chi connectivity index (χ3n) is 2.52. The van der Waals surface area contributed by atoms with Gasteiger partial charge in [0.15, 0.2) is 11.6 Å². The third-order valence-corrected chi connectivity index (χ3v) is 3.01. The van der Waals surface area contributed by atoms with E-state index in [0.29, 0.717) is 4.47 Å². The molecular formula is C13H7BrFNO5. The molecule has 0 aliphatic heterocycles. The van der Waals surface area contributed by atoms with Crippen molar-refractivity contribution in [1.82, 2.24) is 0 Å². The Morgan fingerprint density at radius 2 is 2.00 bits per heavy atom. The molecule has 21 heavy (non-hydrogen) atoms. The molecule has 2 aromatic carbocycles. The summed E-state index contributed by atoms with van der Waals surface area (Å²) in [6.45, 7) is 0. The van der Waals surface area contributed by atoms with Gasteiger partial charge >= 0.3 is 5.97 Å². The molecule has 8 heteroatoms. The predicted octanol–water partition coefficient (Wildman–Crippen LogP) is 3.99. The third kappa shape index (κ3) is 3.34. The summed E-state index contributed by atoms with van der Waals surface area (Å²) in [6.07, 6.45) is 0. The first-order chi connectivity index (χ1) is 9.88. The van der Waals surface area contributed by atoms with Gasteiger partial charge in [-0.3, -0.25) is 10.1 Å². The Bertz CT molecular complexity index is 734. The molecule has 0 spiro atoms. The van der Waals surface area contributed by atoms with E-state index in [2.05, 4.69) is 15.9 Å². The van der Waals surface area contributed by atoms with Crippen LogP contribution in [0.1, 0.15) is 10.4 Å². The molecule has 0 aliphatic carbocycles. The molecule has 0 bridgehead atoms. The highest BCUT2D eigenvalue weighted by Crippen LogP contribution is 2.31. The number of hydrogen-bond acceptors (Lipinski definition) is 4. The number of ether oxygens (including phenoxy) is 1. The Labute approximate surface area is 126 Å². The number of benzene rings is 2. The zero-order chi connectivity index (χ0) is 15.6. The monoisotopic (exact) mass is 355 g/mol. The molecule has 0 saturated heterocycles. The van der Waals surface area contributed by atoms with Crippen LogP contribution in [0.2, 0.25) is 0 Å². The van der Waals surface area contributed by atoms with E-state index in [9.17, 15) is 19.3 Å². The van der Waals surface area contributed by atoms with Gasteiger partial charge in [-0.05, 0) is 30.3 Å². The molecule has 6 nitrogen and oxygen atoms in total. The molecular weight excluding hydrogens is 349 g/mol. The number of hydrogen-bond donors (Lipinski definition) is 1. The fourth-order valence-corrected chi connectivity index (χ4v) is 1.93. The first-order valence-corrected chi connectivity index (χ1v) is 6.32. The summed E-state index contributed by atoms with van der Waals surface area (Å²) in [5.74, 6) is -2.25. The van der Waals surface area contributed by atoms with Crippen molar-refractivity contribution in [2.45, 2.75) is 0 Å². The molecule has 0 fully saturated rings. The van der Waals surface area contributed by atoms with Gasteiger partial charge in [-0.15, -0.1) is 0 Å². The van der Waals surface area contributed by atoms with E-state index in [1.807, 2.05) is 0 Å². The van der Waals surface area contributed by atoms with Gasteiger partial charge in [0.1, 0.15) is 11.3 Å². The summed E-state index contributed by atoms with van der Waals surface area (Å²) in [5.41, 5.74) is -1.10. The summed E-state index contributed by atoms with van der Waals surface area (Å²) >= 11 is 3.15. The minimum atomic E-state index is -1.43. The van der Waals surface area contributed by atoms with Crippen molar-refractivity contribution in [3.8, 4) is 11.5 Å². The van der Waals surface area contributed by atoms with E-state index in [1.54, 1.807) is 0 Å².